The highest BCUT2D eigenvalue weighted by molar-refractivity contribution is 5.64. The van der Waals surface area contributed by atoms with E-state index in [-0.39, 0.29) is 6.29 Å². The Kier molecular flexibility index (Phi) is 7.03. The molecule has 0 fully saturated rings. The highest BCUT2D eigenvalue weighted by Gasteiger charge is 2.12. The highest BCUT2D eigenvalue weighted by atomic mass is 16.7. The van der Waals surface area contributed by atoms with Crippen LogP contribution >= 0.6 is 0 Å². The van der Waals surface area contributed by atoms with Crippen LogP contribution in [-0.2, 0) is 16.1 Å². The lowest BCUT2D eigenvalue weighted by Gasteiger charge is -2.18. The average Bonchev–Trinajstić information content (AvgIpc) is 2.73. The summed E-state index contributed by atoms with van der Waals surface area (Å²) in [6.45, 7) is 5.70. The summed E-state index contributed by atoms with van der Waals surface area (Å²) < 4.78 is 17.3. The SMILES string of the molecule is CCOC(OCC)c1cc[c]c(-c2ccc(OCc3ccccc3)cc2)c1. The first-order valence-corrected chi connectivity index (χ1v) is 9.32. The molecule has 139 valence electrons. The van der Waals surface area contributed by atoms with E-state index < -0.39 is 0 Å². The molecule has 0 aliphatic rings. The molecular formula is C24H25O3. The molecule has 3 aromatic carbocycles. The molecule has 0 unspecified atom stereocenters. The summed E-state index contributed by atoms with van der Waals surface area (Å²) >= 11 is 0. The molecule has 0 N–H and O–H groups in total. The zero-order valence-electron chi connectivity index (χ0n) is 15.9. The predicted molar refractivity (Wildman–Crippen MR) is 107 cm³/mol. The van der Waals surface area contributed by atoms with Crippen LogP contribution in [-0.4, -0.2) is 13.2 Å². The number of hydrogen-bond donors (Lipinski definition) is 0. The summed E-state index contributed by atoms with van der Waals surface area (Å²) in [5.74, 6) is 0.847. The fourth-order valence-corrected chi connectivity index (χ4v) is 2.81. The van der Waals surface area contributed by atoms with Gasteiger partial charge in [-0.2, -0.15) is 0 Å². The molecule has 27 heavy (non-hydrogen) atoms. The first kappa shape index (κ1) is 19.2. The Labute approximate surface area is 161 Å². The Bertz CT molecular complexity index is 807. The van der Waals surface area contributed by atoms with Crippen molar-refractivity contribution >= 4 is 0 Å². The summed E-state index contributed by atoms with van der Waals surface area (Å²) in [5, 5.41) is 0. The van der Waals surface area contributed by atoms with Gasteiger partial charge in [0.05, 0.1) is 0 Å². The summed E-state index contributed by atoms with van der Waals surface area (Å²) in [6, 6.07) is 27.5. The topological polar surface area (TPSA) is 27.7 Å². The Morgan fingerprint density at radius 3 is 2.22 bits per heavy atom. The van der Waals surface area contributed by atoms with Gasteiger partial charge in [-0.15, -0.1) is 0 Å². The number of ether oxygens (including phenoxy) is 3. The zero-order chi connectivity index (χ0) is 18.9. The third kappa shape index (κ3) is 5.43. The van der Waals surface area contributed by atoms with E-state index in [0.717, 1.165) is 28.0 Å². The molecule has 3 rings (SSSR count). The Morgan fingerprint density at radius 2 is 1.56 bits per heavy atom. The molecular weight excluding hydrogens is 336 g/mol. The van der Waals surface area contributed by atoms with Crippen LogP contribution in [0.3, 0.4) is 0 Å². The van der Waals surface area contributed by atoms with Crippen LogP contribution in [0.1, 0.15) is 31.3 Å². The molecule has 1 radical (unpaired) electrons. The van der Waals surface area contributed by atoms with E-state index in [0.29, 0.717) is 19.8 Å². The van der Waals surface area contributed by atoms with Gasteiger partial charge in [-0.1, -0.05) is 54.6 Å². The van der Waals surface area contributed by atoms with E-state index in [1.54, 1.807) is 0 Å². The molecule has 0 aromatic heterocycles. The van der Waals surface area contributed by atoms with Crippen molar-refractivity contribution in [3.05, 3.63) is 90.0 Å². The summed E-state index contributed by atoms with van der Waals surface area (Å²) in [4.78, 5) is 0. The lowest BCUT2D eigenvalue weighted by Crippen LogP contribution is -2.08. The van der Waals surface area contributed by atoms with Crippen molar-refractivity contribution in [3.63, 3.8) is 0 Å². The molecule has 0 saturated heterocycles. The molecule has 3 heteroatoms. The van der Waals surface area contributed by atoms with Crippen molar-refractivity contribution in [1.82, 2.24) is 0 Å². The normalized spacial score (nSPS) is 10.9. The van der Waals surface area contributed by atoms with Gasteiger partial charge < -0.3 is 14.2 Å². The van der Waals surface area contributed by atoms with Crippen LogP contribution < -0.4 is 4.74 Å². The van der Waals surface area contributed by atoms with Gasteiger partial charge in [-0.05, 0) is 54.8 Å². The Hall–Kier alpha value is -2.62. The summed E-state index contributed by atoms with van der Waals surface area (Å²) in [5.41, 5.74) is 4.24. The van der Waals surface area contributed by atoms with E-state index >= 15 is 0 Å². The molecule has 0 saturated carbocycles. The number of rotatable bonds is 9. The van der Waals surface area contributed by atoms with Gasteiger partial charge in [0.1, 0.15) is 12.4 Å². The quantitative estimate of drug-likeness (QED) is 0.451. The van der Waals surface area contributed by atoms with Gasteiger partial charge in [0.15, 0.2) is 6.29 Å². The smallest absolute Gasteiger partial charge is 0.183 e. The van der Waals surface area contributed by atoms with E-state index in [9.17, 15) is 0 Å². The second kappa shape index (κ2) is 9.91. The van der Waals surface area contributed by atoms with E-state index in [1.165, 1.54) is 0 Å². The van der Waals surface area contributed by atoms with Crippen LogP contribution in [0.15, 0.2) is 72.8 Å². The molecule has 0 aliphatic heterocycles. The molecule has 0 atom stereocenters. The van der Waals surface area contributed by atoms with Gasteiger partial charge in [-0.25, -0.2) is 0 Å². The molecule has 3 aromatic rings. The lowest BCUT2D eigenvalue weighted by atomic mass is 10.0. The first-order valence-electron chi connectivity index (χ1n) is 9.32. The van der Waals surface area contributed by atoms with Crippen LogP contribution in [0.4, 0.5) is 0 Å². The monoisotopic (exact) mass is 361 g/mol. The van der Waals surface area contributed by atoms with Gasteiger partial charge >= 0.3 is 0 Å². The Balaban J connectivity index is 1.70. The standard InChI is InChI=1S/C24H25O3/c1-3-25-24(26-4-2)22-12-8-11-21(17-22)20-13-15-23(16-14-20)27-18-19-9-6-5-7-10-19/h5-10,12-17,24H,3-4,18H2,1-2H3. The molecule has 0 amide bonds. The molecule has 3 nitrogen and oxygen atoms in total. The van der Waals surface area contributed by atoms with Crippen LogP contribution in [0.25, 0.3) is 11.1 Å². The number of hydrogen-bond acceptors (Lipinski definition) is 3. The van der Waals surface area contributed by atoms with Gasteiger partial charge in [0.25, 0.3) is 0 Å². The molecule has 0 spiro atoms. The van der Waals surface area contributed by atoms with Crippen molar-refractivity contribution < 1.29 is 14.2 Å². The maximum atomic E-state index is 5.86. The van der Waals surface area contributed by atoms with E-state index in [2.05, 4.69) is 24.3 Å². The third-order valence-corrected chi connectivity index (χ3v) is 4.15. The van der Waals surface area contributed by atoms with Gasteiger partial charge in [0.2, 0.25) is 0 Å². The second-order valence-electron chi connectivity index (χ2n) is 6.08. The van der Waals surface area contributed by atoms with Crippen molar-refractivity contribution in [2.24, 2.45) is 0 Å². The second-order valence-corrected chi connectivity index (χ2v) is 6.08. The van der Waals surface area contributed by atoms with Crippen LogP contribution in [0, 0.1) is 6.07 Å². The van der Waals surface area contributed by atoms with Crippen molar-refractivity contribution in [2.75, 3.05) is 13.2 Å². The van der Waals surface area contributed by atoms with Crippen molar-refractivity contribution in [1.29, 1.82) is 0 Å². The fraction of sp³-hybridized carbons (Fsp3) is 0.250. The molecule has 0 aliphatic carbocycles. The maximum Gasteiger partial charge on any atom is 0.183 e. The van der Waals surface area contributed by atoms with Gasteiger partial charge in [0, 0.05) is 18.8 Å². The largest absolute Gasteiger partial charge is 0.489 e. The minimum Gasteiger partial charge on any atom is -0.489 e. The summed E-state index contributed by atoms with van der Waals surface area (Å²) in [6.07, 6.45) is -0.346. The summed E-state index contributed by atoms with van der Waals surface area (Å²) in [7, 11) is 0. The number of benzene rings is 3. The molecule has 0 bridgehead atoms. The predicted octanol–water partition coefficient (Wildman–Crippen LogP) is 5.80. The first-order chi connectivity index (χ1) is 13.3. The van der Waals surface area contributed by atoms with Gasteiger partial charge in [-0.3, -0.25) is 0 Å². The maximum absolute atomic E-state index is 5.86. The van der Waals surface area contributed by atoms with E-state index in [1.807, 2.05) is 68.4 Å². The highest BCUT2D eigenvalue weighted by Crippen LogP contribution is 2.27. The Morgan fingerprint density at radius 1 is 0.852 bits per heavy atom. The van der Waals surface area contributed by atoms with Crippen molar-refractivity contribution in [2.45, 2.75) is 26.7 Å². The third-order valence-electron chi connectivity index (χ3n) is 4.15. The van der Waals surface area contributed by atoms with Crippen molar-refractivity contribution in [3.8, 4) is 16.9 Å². The molecule has 0 heterocycles. The lowest BCUT2D eigenvalue weighted by molar-refractivity contribution is -0.140. The minimum absolute atomic E-state index is 0.346. The van der Waals surface area contributed by atoms with Crippen LogP contribution in [0.2, 0.25) is 0 Å². The minimum atomic E-state index is -0.346. The average molecular weight is 361 g/mol. The van der Waals surface area contributed by atoms with E-state index in [4.69, 9.17) is 14.2 Å². The fourth-order valence-electron chi connectivity index (χ4n) is 2.81. The zero-order valence-corrected chi connectivity index (χ0v) is 15.9. The van der Waals surface area contributed by atoms with Crippen LogP contribution in [0.5, 0.6) is 5.75 Å².